The molecule has 0 bridgehead atoms. The van der Waals surface area contributed by atoms with E-state index < -0.39 is 4.92 Å². The van der Waals surface area contributed by atoms with Gasteiger partial charge in [0.2, 0.25) is 5.91 Å². The van der Waals surface area contributed by atoms with Crippen LogP contribution in [0.25, 0.3) is 0 Å². The summed E-state index contributed by atoms with van der Waals surface area (Å²) in [4.78, 5) is 22.2. The Morgan fingerprint density at radius 3 is 2.67 bits per heavy atom. The second-order valence-electron chi connectivity index (χ2n) is 4.66. The fourth-order valence-electron chi connectivity index (χ4n) is 1.76. The number of nitrogens with two attached hydrogens (primary N) is 1. The molecule has 0 heterocycles. The van der Waals surface area contributed by atoms with E-state index in [1.54, 1.807) is 12.1 Å². The summed E-state index contributed by atoms with van der Waals surface area (Å²) in [6.07, 6.45) is 1.09. The van der Waals surface area contributed by atoms with Gasteiger partial charge in [0.05, 0.1) is 4.92 Å². The molecule has 116 valence electrons. The molecule has 0 spiro atoms. The van der Waals surface area contributed by atoms with Gasteiger partial charge in [-0.3, -0.25) is 20.8 Å². The minimum absolute atomic E-state index is 0.0902. The molecule has 0 aliphatic heterocycles. The number of anilines is 2. The monoisotopic (exact) mass is 295 g/mol. The predicted octanol–water partition coefficient (Wildman–Crippen LogP) is 1.60. The third-order valence-corrected chi connectivity index (χ3v) is 3.06. The first kappa shape index (κ1) is 16.7. The molecule has 1 atom stereocenters. The lowest BCUT2D eigenvalue weighted by atomic mass is 10.2. The Hall–Kier alpha value is -2.35. The Kier molecular flexibility index (Phi) is 6.41. The Morgan fingerprint density at radius 2 is 2.10 bits per heavy atom. The van der Waals surface area contributed by atoms with Gasteiger partial charge in [0.1, 0.15) is 11.4 Å². The van der Waals surface area contributed by atoms with E-state index in [4.69, 9.17) is 5.84 Å². The van der Waals surface area contributed by atoms with Crippen LogP contribution in [0.2, 0.25) is 0 Å². The van der Waals surface area contributed by atoms with Gasteiger partial charge in [-0.05, 0) is 25.5 Å². The number of nitrogens with zero attached hydrogens (tertiary/aromatic N) is 1. The molecular weight excluding hydrogens is 274 g/mol. The fraction of sp³-hybridized carbons (Fsp3) is 0.462. The van der Waals surface area contributed by atoms with Crippen molar-refractivity contribution < 1.29 is 9.72 Å². The van der Waals surface area contributed by atoms with Crippen LogP contribution in [0, 0.1) is 10.1 Å². The van der Waals surface area contributed by atoms with E-state index in [2.05, 4.69) is 16.1 Å². The van der Waals surface area contributed by atoms with Gasteiger partial charge >= 0.3 is 5.69 Å². The van der Waals surface area contributed by atoms with E-state index >= 15 is 0 Å². The van der Waals surface area contributed by atoms with Gasteiger partial charge in [-0.1, -0.05) is 13.0 Å². The van der Waals surface area contributed by atoms with Crippen molar-refractivity contribution in [1.82, 2.24) is 5.32 Å². The van der Waals surface area contributed by atoms with E-state index in [0.29, 0.717) is 12.2 Å². The summed E-state index contributed by atoms with van der Waals surface area (Å²) in [5, 5.41) is 16.8. The van der Waals surface area contributed by atoms with Crippen LogP contribution in [0.15, 0.2) is 18.2 Å². The average Bonchev–Trinajstić information content (AvgIpc) is 2.46. The molecule has 0 saturated heterocycles. The highest BCUT2D eigenvalue weighted by Crippen LogP contribution is 2.31. The lowest BCUT2D eigenvalue weighted by Crippen LogP contribution is -2.33. The number of hydrogen-bond donors (Lipinski definition) is 4. The number of nitro benzene ring substituents is 1. The van der Waals surface area contributed by atoms with Crippen molar-refractivity contribution in [3.05, 3.63) is 28.3 Å². The van der Waals surface area contributed by atoms with Gasteiger partial charge in [-0.2, -0.15) is 0 Å². The minimum Gasteiger partial charge on any atom is -0.379 e. The second kappa shape index (κ2) is 8.05. The number of nitrogens with one attached hydrogen (secondary N) is 3. The average molecular weight is 295 g/mol. The maximum Gasteiger partial charge on any atom is 0.316 e. The van der Waals surface area contributed by atoms with Crippen molar-refractivity contribution in [2.24, 2.45) is 5.84 Å². The molecule has 0 radical (unpaired) electrons. The largest absolute Gasteiger partial charge is 0.379 e. The second-order valence-corrected chi connectivity index (χ2v) is 4.66. The Balaban J connectivity index is 2.64. The number of rotatable bonds is 8. The molecule has 0 aromatic heterocycles. The standard InChI is InChI=1S/C13H21N5O3/c1-3-9(2)16-12(19)7-8-15-10-5-4-6-11(17-14)13(10)18(20)21/h4-6,9,15,17H,3,7-8,14H2,1-2H3,(H,16,19). The highest BCUT2D eigenvalue weighted by Gasteiger charge is 2.18. The fourth-order valence-corrected chi connectivity index (χ4v) is 1.76. The van der Waals surface area contributed by atoms with Crippen molar-refractivity contribution in [3.8, 4) is 0 Å². The molecule has 1 aromatic rings. The molecule has 0 aliphatic carbocycles. The third-order valence-electron chi connectivity index (χ3n) is 3.06. The SMILES string of the molecule is CCC(C)NC(=O)CCNc1cccc(NN)c1[N+](=O)[O-]. The van der Waals surface area contributed by atoms with Crippen molar-refractivity contribution in [1.29, 1.82) is 0 Å². The molecule has 1 amide bonds. The Bertz CT molecular complexity index is 507. The molecule has 1 rings (SSSR count). The minimum atomic E-state index is -0.517. The van der Waals surface area contributed by atoms with Gasteiger partial charge in [-0.25, -0.2) is 0 Å². The van der Waals surface area contributed by atoms with Crippen molar-refractivity contribution in [2.45, 2.75) is 32.7 Å². The van der Waals surface area contributed by atoms with Crippen LogP contribution < -0.4 is 21.9 Å². The van der Waals surface area contributed by atoms with Gasteiger partial charge < -0.3 is 16.1 Å². The lowest BCUT2D eigenvalue weighted by Gasteiger charge is -2.12. The van der Waals surface area contributed by atoms with Crippen LogP contribution in [0.1, 0.15) is 26.7 Å². The number of carbonyl (C=O) groups is 1. The molecule has 5 N–H and O–H groups in total. The maximum absolute atomic E-state index is 11.6. The van der Waals surface area contributed by atoms with Crippen molar-refractivity contribution in [2.75, 3.05) is 17.3 Å². The molecule has 0 saturated carbocycles. The number of hydrazine groups is 1. The van der Waals surface area contributed by atoms with E-state index in [0.717, 1.165) is 6.42 Å². The van der Waals surface area contributed by atoms with Gasteiger partial charge in [0.15, 0.2) is 0 Å². The number of benzene rings is 1. The molecule has 21 heavy (non-hydrogen) atoms. The Labute approximate surface area is 123 Å². The topological polar surface area (TPSA) is 122 Å². The summed E-state index contributed by atoms with van der Waals surface area (Å²) in [5.41, 5.74) is 2.69. The van der Waals surface area contributed by atoms with Crippen molar-refractivity contribution in [3.63, 3.8) is 0 Å². The van der Waals surface area contributed by atoms with Crippen molar-refractivity contribution >= 4 is 23.0 Å². The van der Waals surface area contributed by atoms with Crippen LogP contribution >= 0.6 is 0 Å². The summed E-state index contributed by atoms with van der Waals surface area (Å²) >= 11 is 0. The van der Waals surface area contributed by atoms with E-state index in [9.17, 15) is 14.9 Å². The smallest absolute Gasteiger partial charge is 0.316 e. The number of para-hydroxylation sites is 1. The molecule has 8 heteroatoms. The van der Waals surface area contributed by atoms with Crippen LogP contribution in [-0.2, 0) is 4.79 Å². The van der Waals surface area contributed by atoms with E-state index in [1.165, 1.54) is 6.07 Å². The molecule has 8 nitrogen and oxygen atoms in total. The summed E-state index contributed by atoms with van der Waals surface area (Å²) in [6, 6.07) is 4.85. The zero-order chi connectivity index (χ0) is 15.8. The van der Waals surface area contributed by atoms with Crippen LogP contribution in [0.4, 0.5) is 17.1 Å². The number of carbonyl (C=O) groups excluding carboxylic acids is 1. The van der Waals surface area contributed by atoms with E-state index in [-0.39, 0.29) is 29.7 Å². The lowest BCUT2D eigenvalue weighted by molar-refractivity contribution is -0.383. The quantitative estimate of drug-likeness (QED) is 0.328. The molecule has 0 fully saturated rings. The number of nitrogen functional groups attached to an aromatic ring is 1. The maximum atomic E-state index is 11.6. The summed E-state index contributed by atoms with van der Waals surface area (Å²) in [6.45, 7) is 4.21. The number of hydrogen-bond acceptors (Lipinski definition) is 6. The molecular formula is C13H21N5O3. The summed E-state index contributed by atoms with van der Waals surface area (Å²) < 4.78 is 0. The van der Waals surface area contributed by atoms with Crippen LogP contribution in [0.5, 0.6) is 0 Å². The predicted molar refractivity (Wildman–Crippen MR) is 81.9 cm³/mol. The van der Waals surface area contributed by atoms with Gasteiger partial charge in [0, 0.05) is 19.0 Å². The summed E-state index contributed by atoms with van der Waals surface area (Å²) in [5.74, 6) is 5.17. The molecule has 1 unspecified atom stereocenters. The van der Waals surface area contributed by atoms with Gasteiger partial charge in [0.25, 0.3) is 0 Å². The zero-order valence-electron chi connectivity index (χ0n) is 12.2. The zero-order valence-corrected chi connectivity index (χ0v) is 12.2. The normalized spacial score (nSPS) is 11.6. The molecule has 0 aliphatic rings. The Morgan fingerprint density at radius 1 is 1.43 bits per heavy atom. The van der Waals surface area contributed by atoms with Crippen LogP contribution in [0.3, 0.4) is 0 Å². The third kappa shape index (κ3) is 4.92. The first-order chi connectivity index (χ1) is 9.99. The van der Waals surface area contributed by atoms with E-state index in [1.807, 2.05) is 13.8 Å². The summed E-state index contributed by atoms with van der Waals surface area (Å²) in [7, 11) is 0. The number of amides is 1. The highest BCUT2D eigenvalue weighted by molar-refractivity contribution is 5.78. The van der Waals surface area contributed by atoms with Gasteiger partial charge in [-0.15, -0.1) is 0 Å². The number of nitro groups is 1. The molecule has 1 aromatic carbocycles. The first-order valence-electron chi connectivity index (χ1n) is 6.76. The highest BCUT2D eigenvalue weighted by atomic mass is 16.6. The first-order valence-corrected chi connectivity index (χ1v) is 6.76. The van der Waals surface area contributed by atoms with Crippen LogP contribution in [-0.4, -0.2) is 23.4 Å².